The van der Waals surface area contributed by atoms with Gasteiger partial charge in [-0.3, -0.25) is 14.2 Å². The van der Waals surface area contributed by atoms with Crippen LogP contribution in [0, 0.1) is 0 Å². The van der Waals surface area contributed by atoms with Crippen molar-refractivity contribution in [3.63, 3.8) is 0 Å². The molecular weight excluding hydrogens is 486 g/mol. The zero-order valence-corrected chi connectivity index (χ0v) is 17.2. The molecule has 0 atom stereocenters. The minimum absolute atomic E-state index is 0.104. The molecule has 12 heteroatoms. The first-order valence-corrected chi connectivity index (χ1v) is 9.20. The standard InChI is InChI=1S/C16H11BrCl2F3N5O/c1-26-13(16(20,21)22)11(19)12(24-26)15(28)23-14-9(17)7-27(25-14)6-8-4-2-3-5-10(8)18/h2-5,7H,6H2,1H3,(H,23,25,28). The lowest BCUT2D eigenvalue weighted by Gasteiger charge is -2.06. The van der Waals surface area contributed by atoms with Gasteiger partial charge in [-0.25, -0.2) is 0 Å². The highest BCUT2D eigenvalue weighted by Crippen LogP contribution is 2.36. The van der Waals surface area contributed by atoms with Crippen LogP contribution in [0.1, 0.15) is 21.7 Å². The van der Waals surface area contributed by atoms with Crippen LogP contribution in [-0.4, -0.2) is 25.5 Å². The summed E-state index contributed by atoms with van der Waals surface area (Å²) in [6.07, 6.45) is -3.14. The van der Waals surface area contributed by atoms with E-state index in [1.807, 2.05) is 12.1 Å². The fraction of sp³-hybridized carbons (Fsp3) is 0.188. The number of hydrogen-bond donors (Lipinski definition) is 1. The fourth-order valence-electron chi connectivity index (χ4n) is 2.48. The normalized spacial score (nSPS) is 11.7. The van der Waals surface area contributed by atoms with Crippen LogP contribution in [0.5, 0.6) is 0 Å². The molecule has 0 radical (unpaired) electrons. The number of anilines is 1. The summed E-state index contributed by atoms with van der Waals surface area (Å²) in [5.41, 5.74) is -0.952. The number of rotatable bonds is 4. The number of carbonyl (C=O) groups excluding carboxylic acids is 1. The Balaban J connectivity index is 1.82. The average molecular weight is 497 g/mol. The van der Waals surface area contributed by atoms with Gasteiger partial charge in [-0.05, 0) is 27.6 Å². The number of nitrogens with zero attached hydrogens (tertiary/aromatic N) is 4. The molecule has 0 aliphatic carbocycles. The van der Waals surface area contributed by atoms with E-state index in [0.29, 0.717) is 20.7 Å². The number of amides is 1. The molecule has 2 aromatic heterocycles. The van der Waals surface area contributed by atoms with Crippen molar-refractivity contribution in [1.29, 1.82) is 0 Å². The summed E-state index contributed by atoms with van der Waals surface area (Å²) in [7, 11) is 1.06. The van der Waals surface area contributed by atoms with Crippen molar-refractivity contribution in [2.75, 3.05) is 5.32 Å². The Morgan fingerprint density at radius 2 is 1.93 bits per heavy atom. The zero-order chi connectivity index (χ0) is 20.6. The average Bonchev–Trinajstić information content (AvgIpc) is 3.08. The molecule has 1 amide bonds. The van der Waals surface area contributed by atoms with Crippen LogP contribution in [0.15, 0.2) is 34.9 Å². The van der Waals surface area contributed by atoms with E-state index >= 15 is 0 Å². The third-order valence-corrected chi connectivity index (χ3v) is 5.02. The molecule has 0 saturated carbocycles. The predicted octanol–water partition coefficient (Wildman–Crippen LogP) is 5.01. The molecule has 148 valence electrons. The van der Waals surface area contributed by atoms with E-state index in [2.05, 4.69) is 31.4 Å². The van der Waals surface area contributed by atoms with Gasteiger partial charge < -0.3 is 5.32 Å². The highest BCUT2D eigenvalue weighted by atomic mass is 79.9. The summed E-state index contributed by atoms with van der Waals surface area (Å²) in [5.74, 6) is -0.813. The first-order chi connectivity index (χ1) is 13.1. The molecule has 1 N–H and O–H groups in total. The van der Waals surface area contributed by atoms with E-state index in [-0.39, 0.29) is 5.82 Å². The van der Waals surface area contributed by atoms with Gasteiger partial charge in [0.05, 0.1) is 11.0 Å². The Kier molecular flexibility index (Phi) is 5.74. The van der Waals surface area contributed by atoms with Gasteiger partial charge in [-0.15, -0.1) is 0 Å². The van der Waals surface area contributed by atoms with Crippen LogP contribution < -0.4 is 5.32 Å². The second-order valence-corrected chi connectivity index (χ2v) is 7.34. The summed E-state index contributed by atoms with van der Waals surface area (Å²) < 4.78 is 41.5. The molecule has 0 aliphatic heterocycles. The molecule has 3 rings (SSSR count). The Hall–Kier alpha value is -2.04. The third kappa shape index (κ3) is 4.18. The fourth-order valence-corrected chi connectivity index (χ4v) is 3.45. The Bertz CT molecular complexity index is 1050. The minimum atomic E-state index is -4.74. The van der Waals surface area contributed by atoms with Crippen molar-refractivity contribution >= 4 is 50.9 Å². The Morgan fingerprint density at radius 3 is 2.54 bits per heavy atom. The molecule has 0 spiro atoms. The number of alkyl halides is 3. The smallest absolute Gasteiger partial charge is 0.303 e. The van der Waals surface area contributed by atoms with Crippen molar-refractivity contribution in [3.8, 4) is 0 Å². The van der Waals surface area contributed by atoms with Crippen molar-refractivity contribution in [1.82, 2.24) is 19.6 Å². The number of aromatic nitrogens is 4. The van der Waals surface area contributed by atoms with E-state index in [1.54, 1.807) is 18.3 Å². The van der Waals surface area contributed by atoms with Gasteiger partial charge in [0.2, 0.25) is 0 Å². The molecule has 2 heterocycles. The van der Waals surface area contributed by atoms with E-state index in [9.17, 15) is 18.0 Å². The summed E-state index contributed by atoms with van der Waals surface area (Å²) in [5, 5.41) is 9.95. The maximum absolute atomic E-state index is 13.0. The van der Waals surface area contributed by atoms with Gasteiger partial charge >= 0.3 is 6.18 Å². The molecular formula is C16H11BrCl2F3N5O. The van der Waals surface area contributed by atoms with E-state index < -0.39 is 28.5 Å². The van der Waals surface area contributed by atoms with Crippen LogP contribution >= 0.6 is 39.1 Å². The van der Waals surface area contributed by atoms with Crippen molar-refractivity contribution < 1.29 is 18.0 Å². The maximum Gasteiger partial charge on any atom is 0.434 e. The van der Waals surface area contributed by atoms with Crippen LogP contribution in [0.2, 0.25) is 10.0 Å². The molecule has 3 aromatic rings. The number of hydrogen-bond acceptors (Lipinski definition) is 3. The predicted molar refractivity (Wildman–Crippen MR) is 102 cm³/mol. The number of halogens is 6. The number of carbonyl (C=O) groups is 1. The topological polar surface area (TPSA) is 64.7 Å². The largest absolute Gasteiger partial charge is 0.434 e. The summed E-state index contributed by atoms with van der Waals surface area (Å²) in [6.45, 7) is 0.330. The molecule has 0 bridgehead atoms. The Labute approximate surface area is 175 Å². The van der Waals surface area contributed by atoms with Crippen molar-refractivity contribution in [2.45, 2.75) is 12.7 Å². The maximum atomic E-state index is 13.0. The van der Waals surface area contributed by atoms with E-state index in [4.69, 9.17) is 23.2 Å². The molecule has 0 aliphatic rings. The minimum Gasteiger partial charge on any atom is -0.303 e. The highest BCUT2D eigenvalue weighted by Gasteiger charge is 2.40. The van der Waals surface area contributed by atoms with Gasteiger partial charge in [0.1, 0.15) is 5.02 Å². The number of benzene rings is 1. The van der Waals surface area contributed by atoms with Crippen molar-refractivity contribution in [2.24, 2.45) is 7.05 Å². The monoisotopic (exact) mass is 495 g/mol. The SMILES string of the molecule is Cn1nc(C(=O)Nc2nn(Cc3ccccc3Cl)cc2Br)c(Cl)c1C(F)(F)F. The zero-order valence-electron chi connectivity index (χ0n) is 14.1. The highest BCUT2D eigenvalue weighted by molar-refractivity contribution is 9.10. The first-order valence-electron chi connectivity index (χ1n) is 7.65. The van der Waals surface area contributed by atoms with Crippen LogP contribution in [0.4, 0.5) is 19.0 Å². The van der Waals surface area contributed by atoms with Crippen molar-refractivity contribution in [3.05, 3.63) is 61.9 Å². The van der Waals surface area contributed by atoms with Gasteiger partial charge in [-0.1, -0.05) is 41.4 Å². The van der Waals surface area contributed by atoms with Gasteiger partial charge in [0, 0.05) is 18.3 Å². The molecule has 0 saturated heterocycles. The van der Waals surface area contributed by atoms with Crippen LogP contribution in [0.3, 0.4) is 0 Å². The second kappa shape index (κ2) is 7.76. The molecule has 1 aromatic carbocycles. The lowest BCUT2D eigenvalue weighted by atomic mass is 10.2. The van der Waals surface area contributed by atoms with E-state index in [1.165, 1.54) is 4.68 Å². The quantitative estimate of drug-likeness (QED) is 0.552. The molecule has 6 nitrogen and oxygen atoms in total. The number of aryl methyl sites for hydroxylation is 1. The molecule has 0 fully saturated rings. The van der Waals surface area contributed by atoms with Gasteiger partial charge in [-0.2, -0.15) is 23.4 Å². The second-order valence-electron chi connectivity index (χ2n) is 5.70. The van der Waals surface area contributed by atoms with Crippen LogP contribution in [-0.2, 0) is 19.8 Å². The van der Waals surface area contributed by atoms with Gasteiger partial charge in [0.15, 0.2) is 17.2 Å². The summed E-state index contributed by atoms with van der Waals surface area (Å²) in [4.78, 5) is 12.4. The van der Waals surface area contributed by atoms with E-state index in [0.717, 1.165) is 12.6 Å². The Morgan fingerprint density at radius 1 is 1.25 bits per heavy atom. The van der Waals surface area contributed by atoms with Gasteiger partial charge in [0.25, 0.3) is 5.91 Å². The first kappa shape index (κ1) is 20.7. The lowest BCUT2D eigenvalue weighted by molar-refractivity contribution is -0.143. The summed E-state index contributed by atoms with van der Waals surface area (Å²) >= 11 is 15.1. The number of nitrogens with one attached hydrogen (secondary N) is 1. The molecule has 28 heavy (non-hydrogen) atoms. The summed E-state index contributed by atoms with van der Waals surface area (Å²) in [6, 6.07) is 7.17. The molecule has 0 unspecified atom stereocenters. The van der Waals surface area contributed by atoms with Crippen LogP contribution in [0.25, 0.3) is 0 Å². The lowest BCUT2D eigenvalue weighted by Crippen LogP contribution is -2.14. The third-order valence-electron chi connectivity index (χ3n) is 3.71.